The van der Waals surface area contributed by atoms with Crippen molar-refractivity contribution in [3.8, 4) is 0 Å². The van der Waals surface area contributed by atoms with Crippen LogP contribution in [-0.2, 0) is 0 Å². The maximum Gasteiger partial charge on any atom is 0.0124 e. The first-order chi connectivity index (χ1) is 4.87. The molecule has 0 radical (unpaired) electrons. The lowest BCUT2D eigenvalue weighted by atomic mass is 9.58. The summed E-state index contributed by atoms with van der Waals surface area (Å²) in [5.74, 6) is 0.759. The van der Waals surface area contributed by atoms with Crippen molar-refractivity contribution in [3.63, 3.8) is 0 Å². The van der Waals surface area contributed by atoms with Crippen LogP contribution in [0, 0.1) is 11.3 Å². The zero-order valence-electron chi connectivity index (χ0n) is 6.09. The lowest BCUT2D eigenvalue weighted by molar-refractivity contribution is 0.187. The molecular formula is C10H12. The third kappa shape index (κ3) is 0.566. The van der Waals surface area contributed by atoms with Gasteiger partial charge in [0.05, 0.1) is 0 Å². The van der Waals surface area contributed by atoms with Gasteiger partial charge in [-0.2, -0.15) is 0 Å². The predicted molar refractivity (Wildman–Crippen MR) is 43.6 cm³/mol. The molecule has 0 N–H and O–H groups in total. The highest BCUT2D eigenvalue weighted by Gasteiger charge is 2.41. The molecule has 0 aromatic rings. The molecule has 0 aromatic carbocycles. The molecule has 2 aliphatic rings. The molecule has 0 nitrogen and oxygen atoms in total. The van der Waals surface area contributed by atoms with Crippen molar-refractivity contribution < 1.29 is 0 Å². The molecule has 1 saturated carbocycles. The van der Waals surface area contributed by atoms with Gasteiger partial charge in [0.25, 0.3) is 0 Å². The minimum Gasteiger partial charge on any atom is -0.102 e. The van der Waals surface area contributed by atoms with Gasteiger partial charge in [-0.25, -0.2) is 0 Å². The van der Waals surface area contributed by atoms with Gasteiger partial charge < -0.3 is 0 Å². The van der Waals surface area contributed by atoms with E-state index in [2.05, 4.69) is 37.0 Å². The van der Waals surface area contributed by atoms with Crippen LogP contribution in [0.4, 0.5) is 0 Å². The second-order valence-electron chi connectivity index (χ2n) is 3.21. The van der Waals surface area contributed by atoms with Gasteiger partial charge in [-0.05, 0) is 18.8 Å². The molecule has 2 atom stereocenters. The Bertz CT molecular complexity index is 210. The van der Waals surface area contributed by atoms with Crippen LogP contribution in [0.25, 0.3) is 0 Å². The third-order valence-electron chi connectivity index (χ3n) is 2.82. The first kappa shape index (κ1) is 5.96. The third-order valence-corrected chi connectivity index (χ3v) is 2.82. The first-order valence-corrected chi connectivity index (χ1v) is 3.87. The Hall–Kier alpha value is -0.780. The normalized spacial score (nSPS) is 42.2. The van der Waals surface area contributed by atoms with E-state index in [1.165, 1.54) is 12.8 Å². The summed E-state index contributed by atoms with van der Waals surface area (Å²) in [6.45, 7) is 3.87. The molecule has 2 rings (SSSR count). The van der Waals surface area contributed by atoms with Gasteiger partial charge in [-0.15, -0.1) is 6.58 Å². The minimum absolute atomic E-state index is 0.356. The Morgan fingerprint density at radius 1 is 1.50 bits per heavy atom. The van der Waals surface area contributed by atoms with Gasteiger partial charge >= 0.3 is 0 Å². The van der Waals surface area contributed by atoms with Crippen molar-refractivity contribution in [2.75, 3.05) is 0 Å². The largest absolute Gasteiger partial charge is 0.102 e. The fourth-order valence-electron chi connectivity index (χ4n) is 1.88. The number of hydrogen-bond acceptors (Lipinski definition) is 0. The number of hydrogen-bond donors (Lipinski definition) is 0. The van der Waals surface area contributed by atoms with Crippen LogP contribution in [-0.4, -0.2) is 0 Å². The van der Waals surface area contributed by atoms with Crippen molar-refractivity contribution in [2.24, 2.45) is 11.3 Å². The molecule has 0 heteroatoms. The summed E-state index contributed by atoms with van der Waals surface area (Å²) in [5, 5.41) is 0. The highest BCUT2D eigenvalue weighted by Crippen LogP contribution is 2.50. The Morgan fingerprint density at radius 3 is 2.80 bits per heavy atom. The highest BCUT2D eigenvalue weighted by atomic mass is 14.4. The van der Waals surface area contributed by atoms with E-state index in [1.54, 1.807) is 0 Å². The summed E-state index contributed by atoms with van der Waals surface area (Å²) in [4.78, 5) is 0. The van der Waals surface area contributed by atoms with E-state index < -0.39 is 0 Å². The molecule has 0 aromatic heterocycles. The predicted octanol–water partition coefficient (Wildman–Crippen LogP) is 2.69. The lowest BCUT2D eigenvalue weighted by Gasteiger charge is -2.45. The van der Waals surface area contributed by atoms with E-state index in [-0.39, 0.29) is 0 Å². The molecule has 0 heterocycles. The van der Waals surface area contributed by atoms with E-state index in [9.17, 15) is 0 Å². The zero-order valence-corrected chi connectivity index (χ0v) is 6.09. The zero-order chi connectivity index (χ0) is 7.03. The molecular weight excluding hydrogens is 120 g/mol. The highest BCUT2D eigenvalue weighted by molar-refractivity contribution is 5.28. The Kier molecular flexibility index (Phi) is 1.10. The van der Waals surface area contributed by atoms with Crippen LogP contribution in [0.1, 0.15) is 12.8 Å². The number of fused-ring (bicyclic) bond motifs is 1. The van der Waals surface area contributed by atoms with E-state index >= 15 is 0 Å². The summed E-state index contributed by atoms with van der Waals surface area (Å²) < 4.78 is 0. The van der Waals surface area contributed by atoms with E-state index in [4.69, 9.17) is 0 Å². The van der Waals surface area contributed by atoms with Gasteiger partial charge in [0.1, 0.15) is 0 Å². The number of rotatable bonds is 1. The molecule has 0 bridgehead atoms. The summed E-state index contributed by atoms with van der Waals surface area (Å²) >= 11 is 0. The maximum atomic E-state index is 3.87. The van der Waals surface area contributed by atoms with Gasteiger partial charge in [-0.3, -0.25) is 0 Å². The van der Waals surface area contributed by atoms with Crippen molar-refractivity contribution in [1.29, 1.82) is 0 Å². The van der Waals surface area contributed by atoms with E-state index in [0.29, 0.717) is 5.41 Å². The number of allylic oxidation sites excluding steroid dienone is 5. The SMILES string of the molecule is C=CC12C=CC=CC1CC2. The summed E-state index contributed by atoms with van der Waals surface area (Å²) in [7, 11) is 0. The molecule has 1 fully saturated rings. The molecule has 0 saturated heterocycles. The van der Waals surface area contributed by atoms with Crippen molar-refractivity contribution >= 4 is 0 Å². The Morgan fingerprint density at radius 2 is 2.40 bits per heavy atom. The smallest absolute Gasteiger partial charge is 0.0124 e. The molecule has 52 valence electrons. The van der Waals surface area contributed by atoms with Crippen molar-refractivity contribution in [3.05, 3.63) is 37.0 Å². The van der Waals surface area contributed by atoms with Crippen LogP contribution in [0.5, 0.6) is 0 Å². The first-order valence-electron chi connectivity index (χ1n) is 3.87. The Labute approximate surface area is 61.9 Å². The van der Waals surface area contributed by atoms with E-state index in [1.807, 2.05) is 0 Å². The van der Waals surface area contributed by atoms with Gasteiger partial charge in [0.15, 0.2) is 0 Å². The second-order valence-corrected chi connectivity index (χ2v) is 3.21. The topological polar surface area (TPSA) is 0 Å². The van der Waals surface area contributed by atoms with Crippen LogP contribution < -0.4 is 0 Å². The summed E-state index contributed by atoms with van der Waals surface area (Å²) in [5.41, 5.74) is 0.356. The van der Waals surface area contributed by atoms with E-state index in [0.717, 1.165) is 5.92 Å². The lowest BCUT2D eigenvalue weighted by Crippen LogP contribution is -2.36. The van der Waals surface area contributed by atoms with Crippen molar-refractivity contribution in [2.45, 2.75) is 12.8 Å². The molecule has 0 spiro atoms. The molecule has 2 unspecified atom stereocenters. The van der Waals surface area contributed by atoms with Gasteiger partial charge in [0, 0.05) is 5.41 Å². The standard InChI is InChI=1S/C10H12/c1-2-10-7-4-3-5-9(10)6-8-10/h2-5,7,9H,1,6,8H2. The molecule has 0 aliphatic heterocycles. The fourth-order valence-corrected chi connectivity index (χ4v) is 1.88. The fraction of sp³-hybridized carbons (Fsp3) is 0.400. The van der Waals surface area contributed by atoms with Crippen LogP contribution >= 0.6 is 0 Å². The van der Waals surface area contributed by atoms with Crippen LogP contribution in [0.3, 0.4) is 0 Å². The molecule has 0 amide bonds. The molecule has 10 heavy (non-hydrogen) atoms. The van der Waals surface area contributed by atoms with Crippen LogP contribution in [0.2, 0.25) is 0 Å². The van der Waals surface area contributed by atoms with Crippen LogP contribution in [0.15, 0.2) is 37.0 Å². The average Bonchev–Trinajstić information content (AvgIpc) is 1.93. The average molecular weight is 132 g/mol. The second kappa shape index (κ2) is 1.85. The quantitative estimate of drug-likeness (QED) is 0.481. The maximum absolute atomic E-state index is 3.87. The van der Waals surface area contributed by atoms with Gasteiger partial charge in [-0.1, -0.05) is 30.4 Å². The Balaban J connectivity index is 2.31. The summed E-state index contributed by atoms with van der Waals surface area (Å²) in [6.07, 6.45) is 13.6. The minimum atomic E-state index is 0.356. The van der Waals surface area contributed by atoms with Crippen molar-refractivity contribution in [1.82, 2.24) is 0 Å². The monoisotopic (exact) mass is 132 g/mol. The summed E-state index contributed by atoms with van der Waals surface area (Å²) in [6, 6.07) is 0. The molecule has 2 aliphatic carbocycles. The van der Waals surface area contributed by atoms with Gasteiger partial charge in [0.2, 0.25) is 0 Å².